The summed E-state index contributed by atoms with van der Waals surface area (Å²) in [6.07, 6.45) is 3.23. The molecule has 0 aromatic carbocycles. The third kappa shape index (κ3) is 3.50. The van der Waals surface area contributed by atoms with E-state index in [9.17, 15) is 4.79 Å². The highest BCUT2D eigenvalue weighted by Crippen LogP contribution is 2.32. The molecule has 1 aliphatic heterocycles. The zero-order valence-electron chi connectivity index (χ0n) is 12.1. The second-order valence-corrected chi connectivity index (χ2v) is 6.69. The van der Waals surface area contributed by atoms with Crippen molar-refractivity contribution in [3.8, 4) is 0 Å². The van der Waals surface area contributed by atoms with Crippen LogP contribution < -0.4 is 5.32 Å². The predicted octanol–water partition coefficient (Wildman–Crippen LogP) is 3.81. The van der Waals surface area contributed by atoms with Gasteiger partial charge >= 0.3 is 6.03 Å². The molecule has 0 fully saturated rings. The van der Waals surface area contributed by atoms with Gasteiger partial charge < -0.3 is 10.2 Å². The Morgan fingerprint density at radius 2 is 2.37 bits per heavy atom. The van der Waals surface area contributed by atoms with Crippen LogP contribution >= 0.6 is 11.3 Å². The Hall–Kier alpha value is -1.03. The molecule has 2 heterocycles. The van der Waals surface area contributed by atoms with Gasteiger partial charge in [0.1, 0.15) is 0 Å². The number of hydrogen-bond donors (Lipinski definition) is 1. The first-order valence-electron chi connectivity index (χ1n) is 7.20. The zero-order chi connectivity index (χ0) is 13.8. The lowest BCUT2D eigenvalue weighted by Crippen LogP contribution is -2.44. The van der Waals surface area contributed by atoms with E-state index < -0.39 is 0 Å². The molecule has 1 aliphatic rings. The van der Waals surface area contributed by atoms with E-state index in [-0.39, 0.29) is 12.1 Å². The van der Waals surface area contributed by atoms with Crippen LogP contribution in [0.3, 0.4) is 0 Å². The number of hydrogen-bond acceptors (Lipinski definition) is 2. The monoisotopic (exact) mass is 280 g/mol. The van der Waals surface area contributed by atoms with E-state index in [4.69, 9.17) is 0 Å². The van der Waals surface area contributed by atoms with E-state index in [1.54, 1.807) is 0 Å². The summed E-state index contributed by atoms with van der Waals surface area (Å²) in [5.41, 5.74) is 1.33. The average molecular weight is 280 g/mol. The van der Waals surface area contributed by atoms with Gasteiger partial charge in [0.25, 0.3) is 0 Å². The maximum atomic E-state index is 12.2. The van der Waals surface area contributed by atoms with Crippen LogP contribution in [0.5, 0.6) is 0 Å². The van der Waals surface area contributed by atoms with Gasteiger partial charge in [0, 0.05) is 18.0 Å². The molecule has 1 aromatic heterocycles. The first kappa shape index (κ1) is 14.4. The lowest BCUT2D eigenvalue weighted by Gasteiger charge is -2.33. The predicted molar refractivity (Wildman–Crippen MR) is 80.6 cm³/mol. The first-order valence-corrected chi connectivity index (χ1v) is 8.08. The molecule has 0 unspecified atom stereocenters. The average Bonchev–Trinajstić information content (AvgIpc) is 2.83. The van der Waals surface area contributed by atoms with Crippen LogP contribution in [0.4, 0.5) is 4.79 Å². The Kier molecular flexibility index (Phi) is 4.86. The Balaban J connectivity index is 1.84. The molecule has 19 heavy (non-hydrogen) atoms. The van der Waals surface area contributed by atoms with E-state index in [1.165, 1.54) is 16.9 Å². The molecule has 0 radical (unpaired) electrons. The molecule has 2 rings (SSSR count). The number of amides is 2. The summed E-state index contributed by atoms with van der Waals surface area (Å²) in [7, 11) is 0. The molecule has 4 heteroatoms. The van der Waals surface area contributed by atoms with E-state index in [0.717, 1.165) is 25.9 Å². The van der Waals surface area contributed by atoms with E-state index in [2.05, 4.69) is 37.5 Å². The van der Waals surface area contributed by atoms with Gasteiger partial charge in [-0.1, -0.05) is 13.8 Å². The highest BCUT2D eigenvalue weighted by Gasteiger charge is 2.27. The summed E-state index contributed by atoms with van der Waals surface area (Å²) in [5, 5.41) is 5.18. The minimum atomic E-state index is 0.0908. The molecule has 0 spiro atoms. The normalized spacial score (nSPS) is 18.5. The third-order valence-electron chi connectivity index (χ3n) is 3.77. The van der Waals surface area contributed by atoms with Crippen LogP contribution in [0.1, 0.15) is 50.1 Å². The largest absolute Gasteiger partial charge is 0.338 e. The number of fused-ring (bicyclic) bond motifs is 1. The van der Waals surface area contributed by atoms with Gasteiger partial charge in [-0.15, -0.1) is 11.3 Å². The molecule has 0 bridgehead atoms. The molecule has 0 saturated carbocycles. The number of carbonyl (C=O) groups excluding carboxylic acids is 1. The van der Waals surface area contributed by atoms with E-state index >= 15 is 0 Å². The summed E-state index contributed by atoms with van der Waals surface area (Å²) in [6, 6.07) is 2.45. The Labute approximate surface area is 120 Å². The Bertz CT molecular complexity index is 428. The molecule has 1 aromatic rings. The van der Waals surface area contributed by atoms with Crippen LogP contribution in [0.25, 0.3) is 0 Å². The van der Waals surface area contributed by atoms with Crippen molar-refractivity contribution in [2.45, 2.75) is 46.1 Å². The van der Waals surface area contributed by atoms with Crippen molar-refractivity contribution < 1.29 is 4.79 Å². The van der Waals surface area contributed by atoms with Crippen molar-refractivity contribution in [3.05, 3.63) is 21.9 Å². The Morgan fingerprint density at radius 3 is 3.11 bits per heavy atom. The summed E-state index contributed by atoms with van der Waals surface area (Å²) in [6.45, 7) is 8.18. The van der Waals surface area contributed by atoms with E-state index in [1.807, 2.05) is 16.2 Å². The van der Waals surface area contributed by atoms with Crippen molar-refractivity contribution in [1.82, 2.24) is 10.2 Å². The minimum absolute atomic E-state index is 0.0908. The third-order valence-corrected chi connectivity index (χ3v) is 4.77. The van der Waals surface area contributed by atoms with Crippen molar-refractivity contribution in [1.29, 1.82) is 0 Å². The number of nitrogens with zero attached hydrogens (tertiary/aromatic N) is 1. The van der Waals surface area contributed by atoms with Crippen LogP contribution in [-0.4, -0.2) is 24.0 Å². The number of carbonyl (C=O) groups is 1. The fraction of sp³-hybridized carbons (Fsp3) is 0.667. The van der Waals surface area contributed by atoms with Gasteiger partial charge in [-0.3, -0.25) is 0 Å². The van der Waals surface area contributed by atoms with Gasteiger partial charge in [-0.2, -0.15) is 0 Å². The van der Waals surface area contributed by atoms with Crippen LogP contribution in [0, 0.1) is 5.92 Å². The number of rotatable bonds is 4. The molecule has 3 nitrogen and oxygen atoms in total. The maximum absolute atomic E-state index is 12.2. The minimum Gasteiger partial charge on any atom is -0.338 e. The van der Waals surface area contributed by atoms with Crippen molar-refractivity contribution in [2.24, 2.45) is 5.92 Å². The zero-order valence-corrected chi connectivity index (χ0v) is 12.9. The lowest BCUT2D eigenvalue weighted by molar-refractivity contribution is 0.175. The summed E-state index contributed by atoms with van der Waals surface area (Å²) in [4.78, 5) is 15.6. The van der Waals surface area contributed by atoms with E-state index in [0.29, 0.717) is 5.92 Å². The van der Waals surface area contributed by atoms with Gasteiger partial charge in [0.2, 0.25) is 0 Å². The Morgan fingerprint density at radius 1 is 1.58 bits per heavy atom. The van der Waals surface area contributed by atoms with Crippen molar-refractivity contribution in [2.75, 3.05) is 13.1 Å². The van der Waals surface area contributed by atoms with Crippen molar-refractivity contribution >= 4 is 17.4 Å². The molecule has 0 aliphatic carbocycles. The fourth-order valence-corrected chi connectivity index (χ4v) is 3.56. The SMILES string of the molecule is CC(C)CCCNC(=O)N1CCc2sccc2[C@@H]1C. The molecule has 106 valence electrons. The van der Waals surface area contributed by atoms with Crippen molar-refractivity contribution in [3.63, 3.8) is 0 Å². The number of thiophene rings is 1. The molecule has 1 atom stereocenters. The number of nitrogens with one attached hydrogen (secondary N) is 1. The topological polar surface area (TPSA) is 32.3 Å². The maximum Gasteiger partial charge on any atom is 0.317 e. The fourth-order valence-electron chi connectivity index (χ4n) is 2.59. The van der Waals surface area contributed by atoms with Crippen LogP contribution in [0.2, 0.25) is 0 Å². The summed E-state index contributed by atoms with van der Waals surface area (Å²) >= 11 is 1.81. The molecular formula is C15H24N2OS. The van der Waals surface area contributed by atoms with Gasteiger partial charge in [-0.05, 0) is 49.1 Å². The first-order chi connectivity index (χ1) is 9.09. The molecule has 0 saturated heterocycles. The van der Waals surface area contributed by atoms with Gasteiger partial charge in [0.05, 0.1) is 6.04 Å². The molecule has 1 N–H and O–H groups in total. The molecular weight excluding hydrogens is 256 g/mol. The summed E-state index contributed by atoms with van der Waals surface area (Å²) < 4.78 is 0. The van der Waals surface area contributed by atoms with Crippen LogP contribution in [-0.2, 0) is 6.42 Å². The lowest BCUT2D eigenvalue weighted by atomic mass is 10.0. The van der Waals surface area contributed by atoms with Crippen LogP contribution in [0.15, 0.2) is 11.4 Å². The summed E-state index contributed by atoms with van der Waals surface area (Å²) in [5.74, 6) is 0.708. The second-order valence-electron chi connectivity index (χ2n) is 5.69. The van der Waals surface area contributed by atoms with Gasteiger partial charge in [0.15, 0.2) is 0 Å². The number of urea groups is 1. The highest BCUT2D eigenvalue weighted by molar-refractivity contribution is 7.10. The smallest absolute Gasteiger partial charge is 0.317 e. The quantitative estimate of drug-likeness (QED) is 0.836. The standard InChI is InChI=1S/C15H24N2OS/c1-11(2)5-4-8-16-15(18)17-9-6-14-13(12(17)3)7-10-19-14/h7,10-12H,4-6,8-9H2,1-3H3,(H,16,18)/t12-/m0/s1. The molecule has 2 amide bonds. The second kappa shape index (κ2) is 6.42. The van der Waals surface area contributed by atoms with Gasteiger partial charge in [-0.25, -0.2) is 4.79 Å². The highest BCUT2D eigenvalue weighted by atomic mass is 32.1.